The van der Waals surface area contributed by atoms with Crippen LogP contribution in [0.25, 0.3) is 0 Å². The van der Waals surface area contributed by atoms with Crippen molar-refractivity contribution in [3.63, 3.8) is 0 Å². The summed E-state index contributed by atoms with van der Waals surface area (Å²) in [4.78, 5) is 12.7. The molecule has 0 aromatic heterocycles. The molecule has 0 saturated heterocycles. The van der Waals surface area contributed by atoms with Gasteiger partial charge in [-0.05, 0) is 45.0 Å². The molecule has 1 atom stereocenters. The molecule has 16 heavy (non-hydrogen) atoms. The Bertz CT molecular complexity index is 351. The molecule has 0 saturated carbocycles. The van der Waals surface area contributed by atoms with Crippen molar-refractivity contribution in [3.8, 4) is 0 Å². The number of rotatable bonds is 4. The van der Waals surface area contributed by atoms with Crippen molar-refractivity contribution in [2.75, 3.05) is 0 Å². The van der Waals surface area contributed by atoms with Crippen LogP contribution in [-0.4, -0.2) is 17.2 Å². The number of halogens is 1. The molecule has 0 spiro atoms. The summed E-state index contributed by atoms with van der Waals surface area (Å²) >= 11 is 7.32. The maximum atomic E-state index is 11.7. The van der Waals surface area contributed by atoms with E-state index in [-0.39, 0.29) is 17.2 Å². The van der Waals surface area contributed by atoms with Crippen LogP contribution in [0.2, 0.25) is 5.02 Å². The summed E-state index contributed by atoms with van der Waals surface area (Å²) in [5.41, 5.74) is 0. The Labute approximate surface area is 106 Å². The van der Waals surface area contributed by atoms with E-state index >= 15 is 0 Å². The van der Waals surface area contributed by atoms with E-state index in [1.165, 1.54) is 11.8 Å². The van der Waals surface area contributed by atoms with Crippen molar-refractivity contribution in [3.05, 3.63) is 29.3 Å². The summed E-state index contributed by atoms with van der Waals surface area (Å²) in [5.74, 6) is 0.0648. The van der Waals surface area contributed by atoms with Gasteiger partial charge >= 0.3 is 0 Å². The number of nitrogens with one attached hydrogen (secondary N) is 1. The van der Waals surface area contributed by atoms with E-state index in [9.17, 15) is 4.79 Å². The average Bonchev–Trinajstić information content (AvgIpc) is 2.20. The van der Waals surface area contributed by atoms with Gasteiger partial charge in [0.1, 0.15) is 0 Å². The van der Waals surface area contributed by atoms with Crippen molar-refractivity contribution in [2.24, 2.45) is 0 Å². The highest BCUT2D eigenvalue weighted by Crippen LogP contribution is 2.24. The van der Waals surface area contributed by atoms with E-state index in [0.717, 1.165) is 4.90 Å². The zero-order valence-corrected chi connectivity index (χ0v) is 11.2. The summed E-state index contributed by atoms with van der Waals surface area (Å²) in [7, 11) is 0. The molecule has 1 aromatic rings. The number of hydrogen-bond donors (Lipinski definition) is 1. The molecule has 1 N–H and O–H groups in total. The number of thioether (sulfide) groups is 1. The monoisotopic (exact) mass is 257 g/mol. The van der Waals surface area contributed by atoms with Crippen LogP contribution in [0.3, 0.4) is 0 Å². The van der Waals surface area contributed by atoms with Gasteiger partial charge in [-0.2, -0.15) is 0 Å². The largest absolute Gasteiger partial charge is 0.353 e. The minimum atomic E-state index is -0.0939. The van der Waals surface area contributed by atoms with Crippen LogP contribution < -0.4 is 5.32 Å². The maximum Gasteiger partial charge on any atom is 0.233 e. The van der Waals surface area contributed by atoms with Crippen molar-refractivity contribution in [1.82, 2.24) is 5.32 Å². The molecule has 2 nitrogen and oxygen atoms in total. The van der Waals surface area contributed by atoms with Gasteiger partial charge < -0.3 is 5.32 Å². The zero-order chi connectivity index (χ0) is 12.1. The van der Waals surface area contributed by atoms with Crippen LogP contribution in [0, 0.1) is 0 Å². The Morgan fingerprint density at radius 3 is 2.31 bits per heavy atom. The minimum absolute atomic E-state index is 0.0648. The molecule has 0 aliphatic rings. The third-order valence-corrected chi connectivity index (χ3v) is 3.29. The van der Waals surface area contributed by atoms with Gasteiger partial charge in [-0.1, -0.05) is 11.6 Å². The van der Waals surface area contributed by atoms with Gasteiger partial charge in [0.15, 0.2) is 0 Å². The molecule has 0 aliphatic heterocycles. The summed E-state index contributed by atoms with van der Waals surface area (Å²) in [6, 6.07) is 7.69. The number of hydrogen-bond acceptors (Lipinski definition) is 2. The molecule has 0 bridgehead atoms. The Hall–Kier alpha value is -0.670. The fourth-order valence-electron chi connectivity index (χ4n) is 1.17. The molecule has 0 heterocycles. The molecule has 0 aliphatic carbocycles. The molecule has 1 aromatic carbocycles. The van der Waals surface area contributed by atoms with E-state index in [1.54, 1.807) is 0 Å². The number of carbonyl (C=O) groups excluding carboxylic acids is 1. The molecule has 0 unspecified atom stereocenters. The third-order valence-electron chi connectivity index (χ3n) is 1.93. The Balaban J connectivity index is 2.53. The van der Waals surface area contributed by atoms with Crippen LogP contribution in [0.15, 0.2) is 29.2 Å². The standard InChI is InChI=1S/C12H16ClNOS/c1-8(2)14-12(15)9(3)16-11-6-4-10(13)5-7-11/h4-9H,1-3H3,(H,14,15)/t9-/m0/s1. The normalized spacial score (nSPS) is 12.6. The van der Waals surface area contributed by atoms with Crippen molar-refractivity contribution < 1.29 is 4.79 Å². The highest BCUT2D eigenvalue weighted by atomic mass is 35.5. The topological polar surface area (TPSA) is 29.1 Å². The molecule has 0 radical (unpaired) electrons. The molecule has 0 fully saturated rings. The fraction of sp³-hybridized carbons (Fsp3) is 0.417. The second-order valence-electron chi connectivity index (χ2n) is 3.88. The van der Waals surface area contributed by atoms with Crippen molar-refractivity contribution in [1.29, 1.82) is 0 Å². The maximum absolute atomic E-state index is 11.7. The third kappa shape index (κ3) is 4.45. The minimum Gasteiger partial charge on any atom is -0.353 e. The Kier molecular flexibility index (Phi) is 5.16. The van der Waals surface area contributed by atoms with Gasteiger partial charge in [0.25, 0.3) is 0 Å². The molecule has 1 rings (SSSR count). The van der Waals surface area contributed by atoms with Gasteiger partial charge in [0, 0.05) is 16.0 Å². The van der Waals surface area contributed by atoms with Gasteiger partial charge in [-0.3, -0.25) is 4.79 Å². The van der Waals surface area contributed by atoms with Gasteiger partial charge in [-0.15, -0.1) is 11.8 Å². The summed E-state index contributed by atoms with van der Waals surface area (Å²) in [6.07, 6.45) is 0. The number of carbonyl (C=O) groups is 1. The Morgan fingerprint density at radius 1 is 1.25 bits per heavy atom. The number of benzene rings is 1. The average molecular weight is 258 g/mol. The lowest BCUT2D eigenvalue weighted by atomic mass is 10.3. The lowest BCUT2D eigenvalue weighted by molar-refractivity contribution is -0.120. The second kappa shape index (κ2) is 6.16. The van der Waals surface area contributed by atoms with Gasteiger partial charge in [0.05, 0.1) is 5.25 Å². The fourth-order valence-corrected chi connectivity index (χ4v) is 2.18. The lowest BCUT2D eigenvalue weighted by Crippen LogP contribution is -2.35. The highest BCUT2D eigenvalue weighted by Gasteiger charge is 2.14. The first-order chi connectivity index (χ1) is 7.49. The van der Waals surface area contributed by atoms with E-state index in [1.807, 2.05) is 45.0 Å². The van der Waals surface area contributed by atoms with Gasteiger partial charge in [0.2, 0.25) is 5.91 Å². The van der Waals surface area contributed by atoms with Crippen LogP contribution >= 0.6 is 23.4 Å². The first-order valence-electron chi connectivity index (χ1n) is 5.21. The SMILES string of the molecule is CC(C)NC(=O)[C@H](C)Sc1ccc(Cl)cc1. The van der Waals surface area contributed by atoms with Crippen LogP contribution in [0.1, 0.15) is 20.8 Å². The number of amides is 1. The second-order valence-corrected chi connectivity index (χ2v) is 5.73. The smallest absolute Gasteiger partial charge is 0.233 e. The van der Waals surface area contributed by atoms with Crippen LogP contribution in [0.4, 0.5) is 0 Å². The first kappa shape index (κ1) is 13.4. The summed E-state index contributed by atoms with van der Waals surface area (Å²) in [6.45, 7) is 5.81. The van der Waals surface area contributed by atoms with Crippen molar-refractivity contribution >= 4 is 29.3 Å². The zero-order valence-electron chi connectivity index (χ0n) is 9.66. The quantitative estimate of drug-likeness (QED) is 0.839. The van der Waals surface area contributed by atoms with Gasteiger partial charge in [-0.25, -0.2) is 0 Å². The Morgan fingerprint density at radius 2 is 1.81 bits per heavy atom. The lowest BCUT2D eigenvalue weighted by Gasteiger charge is -2.14. The highest BCUT2D eigenvalue weighted by molar-refractivity contribution is 8.00. The predicted octanol–water partition coefficient (Wildman–Crippen LogP) is 3.35. The molecule has 1 amide bonds. The van der Waals surface area contributed by atoms with E-state index in [0.29, 0.717) is 5.02 Å². The summed E-state index contributed by atoms with van der Waals surface area (Å²) in [5, 5.41) is 3.51. The first-order valence-corrected chi connectivity index (χ1v) is 6.47. The van der Waals surface area contributed by atoms with Crippen LogP contribution in [0.5, 0.6) is 0 Å². The van der Waals surface area contributed by atoms with E-state index < -0.39 is 0 Å². The van der Waals surface area contributed by atoms with Crippen LogP contribution in [-0.2, 0) is 4.79 Å². The molecule has 4 heteroatoms. The van der Waals surface area contributed by atoms with E-state index in [2.05, 4.69) is 5.32 Å². The molecular formula is C12H16ClNOS. The molecule has 88 valence electrons. The van der Waals surface area contributed by atoms with Crippen molar-refractivity contribution in [2.45, 2.75) is 37.0 Å². The predicted molar refractivity (Wildman–Crippen MR) is 70.0 cm³/mol. The molecular weight excluding hydrogens is 242 g/mol. The summed E-state index contributed by atoms with van der Waals surface area (Å²) < 4.78 is 0. The van der Waals surface area contributed by atoms with E-state index in [4.69, 9.17) is 11.6 Å².